The van der Waals surface area contributed by atoms with Crippen LogP contribution < -0.4 is 0 Å². The van der Waals surface area contributed by atoms with Crippen LogP contribution in [0.5, 0.6) is 0 Å². The molecule has 0 unspecified atom stereocenters. The maximum Gasteiger partial charge on any atom is 0.471 e. The zero-order chi connectivity index (χ0) is 23.5. The number of carbonyl (C=O) groups excluding carboxylic acids is 1. The van der Waals surface area contributed by atoms with Crippen LogP contribution in [0.15, 0.2) is 103 Å². The molecule has 33 heavy (non-hydrogen) atoms. The molecule has 3 aromatic carbocycles. The maximum atomic E-state index is 13.5. The van der Waals surface area contributed by atoms with Gasteiger partial charge >= 0.3 is 12.1 Å². The van der Waals surface area contributed by atoms with Gasteiger partial charge in [-0.15, -0.1) is 0 Å². The zero-order valence-corrected chi connectivity index (χ0v) is 18.4. The number of carbonyl (C=O) groups is 1. The molecule has 172 valence electrons. The average Bonchev–Trinajstić information content (AvgIpc) is 2.83. The van der Waals surface area contributed by atoms with E-state index in [4.69, 9.17) is 0 Å². The van der Waals surface area contributed by atoms with Gasteiger partial charge in [0.1, 0.15) is 0 Å². The summed E-state index contributed by atoms with van der Waals surface area (Å²) >= 11 is 0. The molecule has 0 fully saturated rings. The Morgan fingerprint density at radius 3 is 1.76 bits per heavy atom. The smallest absolute Gasteiger partial charge is 0.328 e. The van der Waals surface area contributed by atoms with Crippen LogP contribution in [-0.4, -0.2) is 29.6 Å². The van der Waals surface area contributed by atoms with Crippen molar-refractivity contribution >= 4 is 5.91 Å². The third kappa shape index (κ3) is 7.94. The Hall–Kier alpha value is -3.34. The molecule has 0 radical (unpaired) electrons. The van der Waals surface area contributed by atoms with Crippen molar-refractivity contribution in [2.24, 2.45) is 0 Å². The Labute approximate surface area is 193 Å². The first-order valence-corrected chi connectivity index (χ1v) is 11.1. The number of nitrogens with zero attached hydrogens (tertiary/aromatic N) is 1. The van der Waals surface area contributed by atoms with Crippen LogP contribution in [0.3, 0.4) is 0 Å². The number of hydrogen-bond acceptors (Lipinski definition) is 1. The predicted octanol–water partition coefficient (Wildman–Crippen LogP) is 6.42. The molecule has 0 heterocycles. The minimum atomic E-state index is -4.92. The highest BCUT2D eigenvalue weighted by atomic mass is 19.4. The van der Waals surface area contributed by atoms with Gasteiger partial charge < -0.3 is 4.90 Å². The standard InChI is InChI=1S/C28H28F3NO/c29-28(30,31)27(33)32(22-21-25-15-8-3-9-16-25)26(20-19-24-13-6-2-7-14-24)18-10-17-23-11-4-1-5-12-23/h1-16,18,26H,17,19-22H2/b18-10+/t26-/m0/s1. The van der Waals surface area contributed by atoms with Crippen LogP contribution >= 0.6 is 0 Å². The van der Waals surface area contributed by atoms with Crippen LogP contribution in [-0.2, 0) is 24.1 Å². The second-order valence-corrected chi connectivity index (χ2v) is 7.94. The molecule has 2 nitrogen and oxygen atoms in total. The maximum absolute atomic E-state index is 13.5. The minimum absolute atomic E-state index is 0.00249. The summed E-state index contributed by atoms with van der Waals surface area (Å²) in [4.78, 5) is 13.4. The minimum Gasteiger partial charge on any atom is -0.328 e. The predicted molar refractivity (Wildman–Crippen MR) is 126 cm³/mol. The van der Waals surface area contributed by atoms with Crippen molar-refractivity contribution < 1.29 is 18.0 Å². The van der Waals surface area contributed by atoms with Gasteiger partial charge in [0.05, 0.1) is 6.04 Å². The molecule has 5 heteroatoms. The number of benzene rings is 3. The van der Waals surface area contributed by atoms with E-state index in [2.05, 4.69) is 0 Å². The number of rotatable bonds is 10. The van der Waals surface area contributed by atoms with E-state index in [1.165, 1.54) is 0 Å². The number of alkyl halides is 3. The first-order chi connectivity index (χ1) is 15.9. The van der Waals surface area contributed by atoms with Crippen molar-refractivity contribution in [3.63, 3.8) is 0 Å². The number of halogens is 3. The third-order valence-corrected chi connectivity index (χ3v) is 5.51. The molecule has 0 aliphatic rings. The quantitative estimate of drug-likeness (QED) is 0.326. The molecule has 0 saturated carbocycles. The second kappa shape index (κ2) is 12.0. The van der Waals surface area contributed by atoms with Gasteiger partial charge in [0.2, 0.25) is 0 Å². The summed E-state index contributed by atoms with van der Waals surface area (Å²) in [7, 11) is 0. The highest BCUT2D eigenvalue weighted by molar-refractivity contribution is 5.82. The summed E-state index contributed by atoms with van der Waals surface area (Å²) in [6.45, 7) is -0.00249. The molecule has 0 aliphatic heterocycles. The van der Waals surface area contributed by atoms with E-state index < -0.39 is 18.1 Å². The third-order valence-electron chi connectivity index (χ3n) is 5.51. The van der Waals surface area contributed by atoms with Gasteiger partial charge in [-0.25, -0.2) is 0 Å². The van der Waals surface area contributed by atoms with Gasteiger partial charge in [0.25, 0.3) is 0 Å². The topological polar surface area (TPSA) is 20.3 Å². The van der Waals surface area contributed by atoms with Gasteiger partial charge in [-0.05, 0) is 42.4 Å². The average molecular weight is 452 g/mol. The number of hydrogen-bond donors (Lipinski definition) is 0. The van der Waals surface area contributed by atoms with Crippen molar-refractivity contribution in [3.8, 4) is 0 Å². The highest BCUT2D eigenvalue weighted by Gasteiger charge is 2.44. The lowest BCUT2D eigenvalue weighted by Crippen LogP contribution is -2.47. The lowest BCUT2D eigenvalue weighted by atomic mass is 10.0. The molecule has 0 N–H and O–H groups in total. The van der Waals surface area contributed by atoms with E-state index in [0.29, 0.717) is 25.7 Å². The lowest BCUT2D eigenvalue weighted by Gasteiger charge is -2.31. The van der Waals surface area contributed by atoms with Crippen LogP contribution in [0.1, 0.15) is 23.1 Å². The second-order valence-electron chi connectivity index (χ2n) is 7.94. The Morgan fingerprint density at radius 1 is 0.758 bits per heavy atom. The fourth-order valence-electron chi connectivity index (χ4n) is 3.77. The Kier molecular flexibility index (Phi) is 8.87. The number of aryl methyl sites for hydroxylation is 1. The Morgan fingerprint density at radius 2 is 1.24 bits per heavy atom. The number of amides is 1. The molecule has 1 amide bonds. The molecule has 1 atom stereocenters. The van der Waals surface area contributed by atoms with Crippen molar-refractivity contribution in [1.82, 2.24) is 4.90 Å². The molecule has 0 spiro atoms. The molecular formula is C28H28F3NO. The molecule has 3 aromatic rings. The van der Waals surface area contributed by atoms with Gasteiger partial charge in [-0.2, -0.15) is 13.2 Å². The first kappa shape index (κ1) is 24.3. The van der Waals surface area contributed by atoms with Crippen molar-refractivity contribution in [3.05, 3.63) is 120 Å². The molecule has 3 rings (SSSR count). The SMILES string of the molecule is O=C(N(CCc1ccccc1)[C@@H](/C=C/Cc1ccccc1)CCc1ccccc1)C(F)(F)F. The van der Waals surface area contributed by atoms with E-state index >= 15 is 0 Å². The van der Waals surface area contributed by atoms with E-state index in [0.717, 1.165) is 21.6 Å². The van der Waals surface area contributed by atoms with E-state index in [9.17, 15) is 18.0 Å². The number of allylic oxidation sites excluding steroid dienone is 1. The van der Waals surface area contributed by atoms with Crippen LogP contribution in [0.4, 0.5) is 13.2 Å². The molecule has 0 aromatic heterocycles. The summed E-state index contributed by atoms with van der Waals surface area (Å²) in [6.07, 6.45) is 0.635. The van der Waals surface area contributed by atoms with E-state index in [1.54, 1.807) is 6.08 Å². The summed E-state index contributed by atoms with van der Waals surface area (Å²) < 4.78 is 40.6. The first-order valence-electron chi connectivity index (χ1n) is 11.1. The molecular weight excluding hydrogens is 423 g/mol. The summed E-state index contributed by atoms with van der Waals surface area (Å²) in [5.74, 6) is -1.79. The van der Waals surface area contributed by atoms with Crippen molar-refractivity contribution in [2.45, 2.75) is 37.9 Å². The Bertz CT molecular complexity index is 1000. The monoisotopic (exact) mass is 451 g/mol. The summed E-state index contributed by atoms with van der Waals surface area (Å²) in [6, 6.07) is 27.9. The van der Waals surface area contributed by atoms with E-state index in [-0.39, 0.29) is 6.54 Å². The van der Waals surface area contributed by atoms with Gasteiger partial charge in [-0.3, -0.25) is 4.79 Å². The molecule has 0 saturated heterocycles. The largest absolute Gasteiger partial charge is 0.471 e. The van der Waals surface area contributed by atoms with Crippen LogP contribution in [0, 0.1) is 0 Å². The zero-order valence-electron chi connectivity index (χ0n) is 18.4. The van der Waals surface area contributed by atoms with Gasteiger partial charge in [0, 0.05) is 6.54 Å². The molecule has 0 aliphatic carbocycles. The Balaban J connectivity index is 1.82. The normalized spacial score (nSPS) is 12.6. The van der Waals surface area contributed by atoms with Crippen LogP contribution in [0.25, 0.3) is 0 Å². The molecule has 0 bridgehead atoms. The fourth-order valence-corrected chi connectivity index (χ4v) is 3.77. The van der Waals surface area contributed by atoms with Crippen molar-refractivity contribution in [2.75, 3.05) is 6.54 Å². The van der Waals surface area contributed by atoms with Gasteiger partial charge in [-0.1, -0.05) is 103 Å². The summed E-state index contributed by atoms with van der Waals surface area (Å²) in [5.41, 5.74) is 2.99. The van der Waals surface area contributed by atoms with E-state index in [1.807, 2.05) is 97.1 Å². The summed E-state index contributed by atoms with van der Waals surface area (Å²) in [5, 5.41) is 0. The highest BCUT2D eigenvalue weighted by Crippen LogP contribution is 2.23. The van der Waals surface area contributed by atoms with Crippen LogP contribution in [0.2, 0.25) is 0 Å². The lowest BCUT2D eigenvalue weighted by molar-refractivity contribution is -0.187. The van der Waals surface area contributed by atoms with Gasteiger partial charge in [0.15, 0.2) is 0 Å². The fraction of sp³-hybridized carbons (Fsp3) is 0.250. The van der Waals surface area contributed by atoms with Crippen molar-refractivity contribution in [1.29, 1.82) is 0 Å².